The first-order chi connectivity index (χ1) is 35.5. The van der Waals surface area contributed by atoms with Crippen LogP contribution < -0.4 is 5.32 Å². The first-order valence-electron chi connectivity index (χ1n) is 31.9. The molecule has 0 fully saturated rings. The Hall–Kier alpha value is -2.18. The van der Waals surface area contributed by atoms with Gasteiger partial charge in [-0.2, -0.15) is 0 Å². The predicted molar refractivity (Wildman–Crippen MR) is 315 cm³/mol. The fraction of sp³-hybridized carbons (Fsp3) is 0.848. The van der Waals surface area contributed by atoms with Crippen LogP contribution in [0.2, 0.25) is 0 Å². The van der Waals surface area contributed by atoms with Crippen molar-refractivity contribution in [3.8, 4) is 0 Å². The number of carbonyl (C=O) groups excluding carboxylic acids is 2. The molecule has 0 saturated heterocycles. The van der Waals surface area contributed by atoms with E-state index in [1.807, 2.05) is 6.08 Å². The number of nitrogens with one attached hydrogen (secondary N) is 1. The van der Waals surface area contributed by atoms with Gasteiger partial charge in [-0.1, -0.05) is 281 Å². The zero-order valence-electron chi connectivity index (χ0n) is 48.2. The minimum absolute atomic E-state index is 0.00259. The molecule has 0 saturated carbocycles. The Morgan fingerprint density at radius 3 is 1.07 bits per heavy atom. The van der Waals surface area contributed by atoms with E-state index in [2.05, 4.69) is 55.6 Å². The highest BCUT2D eigenvalue weighted by Gasteiger charge is 2.18. The maximum absolute atomic E-state index is 12.4. The van der Waals surface area contributed by atoms with Crippen molar-refractivity contribution < 1.29 is 24.5 Å². The summed E-state index contributed by atoms with van der Waals surface area (Å²) in [5.74, 6) is -0.0692. The van der Waals surface area contributed by atoms with Gasteiger partial charge in [0, 0.05) is 12.8 Å². The first-order valence-corrected chi connectivity index (χ1v) is 31.9. The van der Waals surface area contributed by atoms with Crippen LogP contribution in [0.1, 0.15) is 335 Å². The lowest BCUT2D eigenvalue weighted by Crippen LogP contribution is -2.45. The summed E-state index contributed by atoms with van der Waals surface area (Å²) in [7, 11) is 0. The van der Waals surface area contributed by atoms with Crippen LogP contribution in [0.4, 0.5) is 0 Å². The number of aliphatic hydroxyl groups is 2. The molecule has 0 aliphatic heterocycles. The number of aliphatic hydroxyl groups excluding tert-OH is 2. The number of amides is 1. The highest BCUT2D eigenvalue weighted by molar-refractivity contribution is 5.76. The van der Waals surface area contributed by atoms with Gasteiger partial charge in [0.05, 0.1) is 25.4 Å². The second-order valence-electron chi connectivity index (χ2n) is 21.7. The smallest absolute Gasteiger partial charge is 0.305 e. The molecule has 72 heavy (non-hydrogen) atoms. The van der Waals surface area contributed by atoms with Gasteiger partial charge in [-0.05, 0) is 89.9 Å². The maximum atomic E-state index is 12.4. The van der Waals surface area contributed by atoms with Crippen LogP contribution >= 0.6 is 0 Å². The number of esters is 1. The highest BCUT2D eigenvalue weighted by atomic mass is 16.5. The van der Waals surface area contributed by atoms with Gasteiger partial charge in [-0.15, -0.1) is 0 Å². The molecule has 0 aromatic carbocycles. The molecule has 0 rings (SSSR count). The lowest BCUT2D eigenvalue weighted by Gasteiger charge is -2.20. The SMILES string of the molecule is CCCCCCCCC/C=C\CCCCCCCC(=O)OCCCCCCCCCCC/C=C\C/C=C\CCCCCCCCCCCCCC(=O)NC(CO)C(O)/C=C/CCCCCCCCCCCC. The summed E-state index contributed by atoms with van der Waals surface area (Å²) in [4.78, 5) is 24.5. The van der Waals surface area contributed by atoms with Crippen molar-refractivity contribution in [2.24, 2.45) is 0 Å². The largest absolute Gasteiger partial charge is 0.466 e. The minimum Gasteiger partial charge on any atom is -0.466 e. The second kappa shape index (κ2) is 61.4. The average Bonchev–Trinajstić information content (AvgIpc) is 3.38. The van der Waals surface area contributed by atoms with Crippen molar-refractivity contribution in [2.45, 2.75) is 347 Å². The Balaban J connectivity index is 3.42. The molecule has 0 aliphatic rings. The van der Waals surface area contributed by atoms with Gasteiger partial charge < -0.3 is 20.3 Å². The molecule has 422 valence electrons. The van der Waals surface area contributed by atoms with Gasteiger partial charge in [0.25, 0.3) is 0 Å². The van der Waals surface area contributed by atoms with Crippen molar-refractivity contribution in [2.75, 3.05) is 13.2 Å². The van der Waals surface area contributed by atoms with E-state index in [4.69, 9.17) is 4.74 Å². The maximum Gasteiger partial charge on any atom is 0.305 e. The lowest BCUT2D eigenvalue weighted by atomic mass is 10.0. The Morgan fingerprint density at radius 2 is 0.694 bits per heavy atom. The van der Waals surface area contributed by atoms with Gasteiger partial charge in [0.1, 0.15) is 0 Å². The number of hydrogen-bond acceptors (Lipinski definition) is 5. The Bertz CT molecular complexity index is 1210. The zero-order chi connectivity index (χ0) is 52.2. The Kier molecular flexibility index (Phi) is 59.5. The van der Waals surface area contributed by atoms with Crippen LogP contribution in [0.5, 0.6) is 0 Å². The van der Waals surface area contributed by atoms with E-state index >= 15 is 0 Å². The molecule has 0 spiro atoms. The molecule has 6 heteroatoms. The summed E-state index contributed by atoms with van der Waals surface area (Å²) < 4.78 is 5.48. The molecule has 2 unspecified atom stereocenters. The summed E-state index contributed by atoms with van der Waals surface area (Å²) in [5.41, 5.74) is 0. The Morgan fingerprint density at radius 1 is 0.389 bits per heavy atom. The molecule has 2 atom stereocenters. The molecule has 0 aromatic rings. The van der Waals surface area contributed by atoms with Crippen molar-refractivity contribution in [3.05, 3.63) is 48.6 Å². The van der Waals surface area contributed by atoms with E-state index in [1.165, 1.54) is 257 Å². The predicted octanol–water partition coefficient (Wildman–Crippen LogP) is 20.1. The monoisotopic (exact) mass is 1010 g/mol. The molecule has 6 nitrogen and oxygen atoms in total. The zero-order valence-corrected chi connectivity index (χ0v) is 48.2. The second-order valence-corrected chi connectivity index (χ2v) is 21.7. The molecule has 0 radical (unpaired) electrons. The van der Waals surface area contributed by atoms with Crippen molar-refractivity contribution in [1.82, 2.24) is 5.32 Å². The van der Waals surface area contributed by atoms with Gasteiger partial charge in [0.15, 0.2) is 0 Å². The van der Waals surface area contributed by atoms with Crippen molar-refractivity contribution >= 4 is 11.9 Å². The van der Waals surface area contributed by atoms with Crippen LogP contribution in [0.15, 0.2) is 48.6 Å². The topological polar surface area (TPSA) is 95.9 Å². The van der Waals surface area contributed by atoms with Crippen LogP contribution in [-0.2, 0) is 14.3 Å². The molecule has 0 bridgehead atoms. The first kappa shape index (κ1) is 69.8. The van der Waals surface area contributed by atoms with Gasteiger partial charge >= 0.3 is 5.97 Å². The standard InChI is InChI=1S/C66H123NO5/c1-3-5-7-9-11-13-15-17-18-33-36-40-44-48-52-56-60-66(71)72-61-57-53-49-45-41-37-34-31-29-27-25-23-21-19-20-22-24-26-28-30-32-35-39-43-47-51-55-59-65(70)67-63(62-68)64(69)58-54-50-46-42-38-16-14-12-10-8-6-4-2/h18-20,23,25,33,54,58,63-64,68-69H,3-17,21-22,24,26-32,34-53,55-57,59-62H2,1-2H3,(H,67,70)/b20-19-,25-23-,33-18-,58-54+. The minimum atomic E-state index is -0.846. The van der Waals surface area contributed by atoms with E-state index < -0.39 is 12.1 Å². The van der Waals surface area contributed by atoms with E-state index in [-0.39, 0.29) is 18.5 Å². The summed E-state index contributed by atoms with van der Waals surface area (Å²) in [6.07, 6.45) is 78.8. The third-order valence-electron chi connectivity index (χ3n) is 14.6. The summed E-state index contributed by atoms with van der Waals surface area (Å²) in [5, 5.41) is 23.1. The van der Waals surface area contributed by atoms with Crippen LogP contribution in [0.3, 0.4) is 0 Å². The molecular formula is C66H123NO5. The summed E-state index contributed by atoms with van der Waals surface area (Å²) >= 11 is 0. The fourth-order valence-corrected chi connectivity index (χ4v) is 9.66. The van der Waals surface area contributed by atoms with E-state index in [1.54, 1.807) is 6.08 Å². The quantitative estimate of drug-likeness (QED) is 0.0320. The van der Waals surface area contributed by atoms with E-state index in [9.17, 15) is 19.8 Å². The number of hydrogen-bond donors (Lipinski definition) is 3. The molecule has 0 aromatic heterocycles. The third-order valence-corrected chi connectivity index (χ3v) is 14.6. The normalized spacial score (nSPS) is 12.9. The van der Waals surface area contributed by atoms with Crippen LogP contribution in [-0.4, -0.2) is 47.4 Å². The van der Waals surface area contributed by atoms with Gasteiger partial charge in [-0.25, -0.2) is 0 Å². The average molecular weight is 1010 g/mol. The lowest BCUT2D eigenvalue weighted by molar-refractivity contribution is -0.143. The van der Waals surface area contributed by atoms with E-state index in [0.717, 1.165) is 51.4 Å². The number of carbonyl (C=O) groups is 2. The highest BCUT2D eigenvalue weighted by Crippen LogP contribution is 2.16. The van der Waals surface area contributed by atoms with Crippen LogP contribution in [0.25, 0.3) is 0 Å². The molecule has 1 amide bonds. The van der Waals surface area contributed by atoms with Gasteiger partial charge in [-0.3, -0.25) is 9.59 Å². The van der Waals surface area contributed by atoms with E-state index in [0.29, 0.717) is 19.4 Å². The van der Waals surface area contributed by atoms with Crippen molar-refractivity contribution in [1.29, 1.82) is 0 Å². The molecule has 0 heterocycles. The van der Waals surface area contributed by atoms with Gasteiger partial charge in [0.2, 0.25) is 5.91 Å². The van der Waals surface area contributed by atoms with Crippen LogP contribution in [0, 0.1) is 0 Å². The Labute approximate surface area is 448 Å². The molecule has 3 N–H and O–H groups in total. The third kappa shape index (κ3) is 57.1. The number of rotatable bonds is 59. The molecular weight excluding hydrogens is 887 g/mol. The number of unbranched alkanes of at least 4 members (excludes halogenated alkanes) is 42. The fourth-order valence-electron chi connectivity index (χ4n) is 9.66. The summed E-state index contributed by atoms with van der Waals surface area (Å²) in [6.45, 7) is 4.89. The summed E-state index contributed by atoms with van der Waals surface area (Å²) in [6, 6.07) is -0.630. The molecule has 0 aliphatic carbocycles. The van der Waals surface area contributed by atoms with Crippen molar-refractivity contribution in [3.63, 3.8) is 0 Å². The number of ether oxygens (including phenoxy) is 1. The number of allylic oxidation sites excluding steroid dienone is 7.